The first-order valence-electron chi connectivity index (χ1n) is 11.5. The number of piperidine rings is 1. The van der Waals surface area contributed by atoms with Crippen LogP contribution in [0.25, 0.3) is 5.82 Å². The number of nitrogens with one attached hydrogen (secondary N) is 1. The Bertz CT molecular complexity index is 1230. The number of rotatable bonds is 6. The fourth-order valence-corrected chi connectivity index (χ4v) is 4.36. The van der Waals surface area contributed by atoms with Crippen molar-refractivity contribution in [2.24, 2.45) is 5.92 Å². The van der Waals surface area contributed by atoms with Crippen LogP contribution in [0.4, 0.5) is 5.69 Å². The number of hydrogen-bond donors (Lipinski definition) is 1. The van der Waals surface area contributed by atoms with Gasteiger partial charge in [-0.15, -0.1) is 10.2 Å². The highest BCUT2D eigenvalue weighted by molar-refractivity contribution is 5.96. The third-order valence-electron chi connectivity index (χ3n) is 6.28. The zero-order valence-corrected chi connectivity index (χ0v) is 19.6. The summed E-state index contributed by atoms with van der Waals surface area (Å²) in [5, 5.41) is 15.5. The average molecular weight is 479 g/mol. The number of hydrogen-bond acceptors (Lipinski definition) is 8. The van der Waals surface area contributed by atoms with E-state index in [-0.39, 0.29) is 24.5 Å². The van der Waals surface area contributed by atoms with Crippen LogP contribution in [0.3, 0.4) is 0 Å². The van der Waals surface area contributed by atoms with Crippen molar-refractivity contribution in [3.05, 3.63) is 47.8 Å². The maximum atomic E-state index is 13.3. The van der Waals surface area contributed by atoms with Crippen molar-refractivity contribution >= 4 is 17.5 Å². The smallest absolute Gasteiger partial charge is 0.257 e. The van der Waals surface area contributed by atoms with E-state index in [1.807, 2.05) is 6.92 Å². The number of carbonyl (C=O) groups excluding carboxylic acids is 2. The number of ether oxygens (including phenoxy) is 3. The predicted molar refractivity (Wildman–Crippen MR) is 125 cm³/mol. The summed E-state index contributed by atoms with van der Waals surface area (Å²) < 4.78 is 17.4. The zero-order chi connectivity index (χ0) is 24.4. The molecule has 11 heteroatoms. The lowest BCUT2D eigenvalue weighted by Gasteiger charge is -2.31. The number of anilines is 1. The summed E-state index contributed by atoms with van der Waals surface area (Å²) >= 11 is 0. The van der Waals surface area contributed by atoms with Crippen molar-refractivity contribution in [3.63, 3.8) is 0 Å². The Labute approximate surface area is 202 Å². The number of nitrogens with zero attached hydrogens (tertiary/aromatic N) is 5. The first-order valence-corrected chi connectivity index (χ1v) is 11.5. The molecule has 0 aliphatic carbocycles. The van der Waals surface area contributed by atoms with E-state index in [0.29, 0.717) is 66.8 Å². The van der Waals surface area contributed by atoms with Gasteiger partial charge in [0.1, 0.15) is 0 Å². The van der Waals surface area contributed by atoms with Crippen LogP contribution < -0.4 is 19.5 Å². The first-order chi connectivity index (χ1) is 17.1. The first kappa shape index (κ1) is 22.6. The normalized spacial score (nSPS) is 15.2. The highest BCUT2D eigenvalue weighted by atomic mass is 16.7. The molecule has 0 radical (unpaired) electrons. The SMILES string of the molecule is CCc1c(C(=O)N2CCC(C(=O)Nc3ccc4c(c3)OCO4)CC2)cnn1-c1ccc(OC)nn1. The van der Waals surface area contributed by atoms with E-state index in [4.69, 9.17) is 14.2 Å². The van der Waals surface area contributed by atoms with Crippen molar-refractivity contribution in [2.45, 2.75) is 26.2 Å². The van der Waals surface area contributed by atoms with Gasteiger partial charge in [-0.25, -0.2) is 4.68 Å². The molecule has 2 aliphatic heterocycles. The maximum absolute atomic E-state index is 13.3. The van der Waals surface area contributed by atoms with E-state index in [2.05, 4.69) is 20.6 Å². The summed E-state index contributed by atoms with van der Waals surface area (Å²) in [7, 11) is 1.52. The zero-order valence-electron chi connectivity index (χ0n) is 19.6. The fourth-order valence-electron chi connectivity index (χ4n) is 4.36. The molecule has 3 aromatic rings. The lowest BCUT2D eigenvalue weighted by molar-refractivity contribution is -0.121. The van der Waals surface area contributed by atoms with Crippen LogP contribution in [0, 0.1) is 5.92 Å². The second kappa shape index (κ2) is 9.61. The second-order valence-electron chi connectivity index (χ2n) is 8.33. The lowest BCUT2D eigenvalue weighted by atomic mass is 9.95. The number of aromatic nitrogens is 4. The van der Waals surface area contributed by atoms with Gasteiger partial charge < -0.3 is 24.4 Å². The Morgan fingerprint density at radius 3 is 2.63 bits per heavy atom. The van der Waals surface area contributed by atoms with Crippen LogP contribution in [0.1, 0.15) is 35.8 Å². The molecule has 0 saturated carbocycles. The molecule has 11 nitrogen and oxygen atoms in total. The Hall–Kier alpha value is -4.15. The average Bonchev–Trinajstić information content (AvgIpc) is 3.55. The molecule has 0 spiro atoms. The minimum Gasteiger partial charge on any atom is -0.480 e. The Balaban J connectivity index is 1.22. The van der Waals surface area contributed by atoms with Crippen LogP contribution in [0.2, 0.25) is 0 Å². The maximum Gasteiger partial charge on any atom is 0.257 e. The van der Waals surface area contributed by atoms with Gasteiger partial charge in [0.25, 0.3) is 5.91 Å². The quantitative estimate of drug-likeness (QED) is 0.574. The van der Waals surface area contributed by atoms with Crippen LogP contribution in [-0.4, -0.2) is 63.7 Å². The molecule has 0 unspecified atom stereocenters. The van der Waals surface area contributed by atoms with E-state index in [1.54, 1.807) is 46.1 Å². The number of amides is 2. The van der Waals surface area contributed by atoms with Crippen LogP contribution in [0.5, 0.6) is 17.4 Å². The highest BCUT2D eigenvalue weighted by Crippen LogP contribution is 2.34. The van der Waals surface area contributed by atoms with Gasteiger partial charge in [-0.2, -0.15) is 5.10 Å². The highest BCUT2D eigenvalue weighted by Gasteiger charge is 2.30. The summed E-state index contributed by atoms with van der Waals surface area (Å²) in [6, 6.07) is 8.78. The van der Waals surface area contributed by atoms with Crippen molar-refractivity contribution in [1.82, 2.24) is 24.9 Å². The van der Waals surface area contributed by atoms with Gasteiger partial charge in [0.05, 0.1) is 24.6 Å². The van der Waals surface area contributed by atoms with Gasteiger partial charge in [0, 0.05) is 36.8 Å². The summed E-state index contributed by atoms with van der Waals surface area (Å²) in [6.07, 6.45) is 3.35. The minimum absolute atomic E-state index is 0.0592. The molecule has 2 aliphatic rings. The molecule has 1 saturated heterocycles. The molecular weight excluding hydrogens is 452 g/mol. The van der Waals surface area contributed by atoms with Crippen LogP contribution in [-0.2, 0) is 11.2 Å². The molecule has 1 fully saturated rings. The third-order valence-corrected chi connectivity index (χ3v) is 6.28. The van der Waals surface area contributed by atoms with Crippen molar-refractivity contribution in [3.8, 4) is 23.2 Å². The predicted octanol–water partition coefficient (Wildman–Crippen LogP) is 2.45. The molecule has 1 N–H and O–H groups in total. The van der Waals surface area contributed by atoms with Gasteiger partial charge in [0.2, 0.25) is 18.6 Å². The van der Waals surface area contributed by atoms with E-state index in [0.717, 1.165) is 5.69 Å². The van der Waals surface area contributed by atoms with Gasteiger partial charge in [0.15, 0.2) is 17.3 Å². The molecule has 0 bridgehead atoms. The van der Waals surface area contributed by atoms with E-state index in [9.17, 15) is 9.59 Å². The molecular formula is C24H26N6O5. The molecule has 2 amide bonds. The monoisotopic (exact) mass is 478 g/mol. The van der Waals surface area contributed by atoms with E-state index < -0.39 is 0 Å². The largest absolute Gasteiger partial charge is 0.480 e. The Kier molecular flexibility index (Phi) is 6.21. The number of benzene rings is 1. The Morgan fingerprint density at radius 2 is 1.91 bits per heavy atom. The van der Waals surface area contributed by atoms with Crippen molar-refractivity contribution < 1.29 is 23.8 Å². The number of likely N-dealkylation sites (tertiary alicyclic amines) is 1. The Morgan fingerprint density at radius 1 is 1.11 bits per heavy atom. The summed E-state index contributed by atoms with van der Waals surface area (Å²) in [5.74, 6) is 1.88. The van der Waals surface area contributed by atoms with Gasteiger partial charge >= 0.3 is 0 Å². The summed E-state index contributed by atoms with van der Waals surface area (Å²) in [4.78, 5) is 27.9. The molecule has 5 rings (SSSR count). The van der Waals surface area contributed by atoms with Crippen LogP contribution in [0.15, 0.2) is 36.5 Å². The standard InChI is InChI=1S/C24H26N6O5/c1-3-18-17(13-25-30(18)21-6-7-22(33-2)28-27-21)24(32)29-10-8-15(9-11-29)23(31)26-16-4-5-19-20(12-16)35-14-34-19/h4-7,12-13,15H,3,8-11,14H2,1-2H3,(H,26,31). The van der Waals surface area contributed by atoms with Crippen LogP contribution >= 0.6 is 0 Å². The van der Waals surface area contributed by atoms with Gasteiger partial charge in [-0.1, -0.05) is 6.92 Å². The van der Waals surface area contributed by atoms with Crippen molar-refractivity contribution in [1.29, 1.82) is 0 Å². The lowest BCUT2D eigenvalue weighted by Crippen LogP contribution is -2.41. The topological polar surface area (TPSA) is 121 Å². The molecule has 0 atom stereocenters. The summed E-state index contributed by atoms with van der Waals surface area (Å²) in [5.41, 5.74) is 1.96. The number of carbonyl (C=O) groups is 2. The van der Waals surface area contributed by atoms with Gasteiger partial charge in [-0.05, 0) is 37.5 Å². The fraction of sp³-hybridized carbons (Fsp3) is 0.375. The van der Waals surface area contributed by atoms with E-state index >= 15 is 0 Å². The summed E-state index contributed by atoms with van der Waals surface area (Å²) in [6.45, 7) is 3.14. The van der Waals surface area contributed by atoms with Crippen molar-refractivity contribution in [2.75, 3.05) is 32.3 Å². The third kappa shape index (κ3) is 4.48. The molecule has 4 heterocycles. The molecule has 35 heavy (non-hydrogen) atoms. The van der Waals surface area contributed by atoms with E-state index in [1.165, 1.54) is 7.11 Å². The molecule has 1 aromatic carbocycles. The molecule has 182 valence electrons. The number of methoxy groups -OCH3 is 1. The number of fused-ring (bicyclic) bond motifs is 1. The minimum atomic E-state index is -0.174. The van der Waals surface area contributed by atoms with Gasteiger partial charge in [-0.3, -0.25) is 9.59 Å². The molecule has 2 aromatic heterocycles. The second-order valence-corrected chi connectivity index (χ2v) is 8.33.